The van der Waals surface area contributed by atoms with E-state index in [9.17, 15) is 14.4 Å². The fourth-order valence-corrected chi connectivity index (χ4v) is 4.26. The van der Waals surface area contributed by atoms with E-state index in [1.54, 1.807) is 31.2 Å². The van der Waals surface area contributed by atoms with Gasteiger partial charge in [-0.2, -0.15) is 0 Å². The van der Waals surface area contributed by atoms with Crippen molar-refractivity contribution < 1.29 is 19.1 Å². The largest absolute Gasteiger partial charge is 0.462 e. The van der Waals surface area contributed by atoms with Crippen LogP contribution in [0.5, 0.6) is 0 Å². The maximum absolute atomic E-state index is 12.3. The highest BCUT2D eigenvalue weighted by Gasteiger charge is 2.15. The smallest absolute Gasteiger partial charge is 0.340 e. The van der Waals surface area contributed by atoms with E-state index >= 15 is 0 Å². The molecule has 0 atom stereocenters. The number of nitrogens with one attached hydrogen (secondary N) is 2. The molecule has 1 heterocycles. The molecule has 0 fully saturated rings. The Labute approximate surface area is 193 Å². The Bertz CT molecular complexity index is 1070. The van der Waals surface area contributed by atoms with Crippen molar-refractivity contribution in [3.63, 3.8) is 0 Å². The van der Waals surface area contributed by atoms with E-state index < -0.39 is 5.97 Å². The van der Waals surface area contributed by atoms with Gasteiger partial charge in [-0.15, -0.1) is 10.2 Å². The van der Waals surface area contributed by atoms with Gasteiger partial charge in [0.2, 0.25) is 16.9 Å². The molecule has 10 heteroatoms. The Hall–Kier alpha value is -3.24. The number of benzene rings is 2. The average Bonchev–Trinajstić information content (AvgIpc) is 3.25. The summed E-state index contributed by atoms with van der Waals surface area (Å²) in [6.45, 7) is 1.97. The molecular weight excluding hydrogens is 448 g/mol. The number of amides is 2. The van der Waals surface area contributed by atoms with Crippen LogP contribution in [0.15, 0.2) is 58.9 Å². The maximum Gasteiger partial charge on any atom is 0.340 e. The monoisotopic (exact) mass is 470 g/mol. The number of carbonyl (C=O) groups is 3. The molecule has 1 aromatic heterocycles. The molecule has 2 amide bonds. The molecule has 0 bridgehead atoms. The fourth-order valence-electron chi connectivity index (χ4n) is 2.70. The number of hydrogen-bond donors (Lipinski definition) is 2. The summed E-state index contributed by atoms with van der Waals surface area (Å²) >= 11 is 2.40. The number of ether oxygens (including phenoxy) is 1. The van der Waals surface area contributed by atoms with Crippen molar-refractivity contribution in [1.82, 2.24) is 10.2 Å². The Morgan fingerprint density at radius 1 is 0.969 bits per heavy atom. The Morgan fingerprint density at radius 2 is 1.72 bits per heavy atom. The number of aromatic nitrogens is 2. The van der Waals surface area contributed by atoms with Gasteiger partial charge in [0.05, 0.1) is 23.6 Å². The topological polar surface area (TPSA) is 110 Å². The van der Waals surface area contributed by atoms with Gasteiger partial charge in [0, 0.05) is 6.42 Å². The lowest BCUT2D eigenvalue weighted by Gasteiger charge is -2.09. The highest BCUT2D eigenvalue weighted by atomic mass is 32.2. The Kier molecular flexibility index (Phi) is 8.76. The third kappa shape index (κ3) is 7.17. The van der Waals surface area contributed by atoms with Crippen LogP contribution < -0.4 is 10.6 Å². The lowest BCUT2D eigenvalue weighted by Crippen LogP contribution is -2.17. The predicted octanol–water partition coefficient (Wildman–Crippen LogP) is 4.02. The molecule has 0 saturated carbocycles. The number of esters is 1. The molecule has 0 aliphatic rings. The zero-order valence-electron chi connectivity index (χ0n) is 17.4. The summed E-state index contributed by atoms with van der Waals surface area (Å²) in [6.07, 6.45) is 0.981. The minimum Gasteiger partial charge on any atom is -0.462 e. The van der Waals surface area contributed by atoms with Gasteiger partial charge in [0.25, 0.3) is 0 Å². The number of aryl methyl sites for hydroxylation is 1. The second-order valence-corrected chi connectivity index (χ2v) is 8.71. The number of nitrogens with zero attached hydrogens (tertiary/aromatic N) is 2. The number of rotatable bonds is 10. The van der Waals surface area contributed by atoms with Crippen LogP contribution in [0, 0.1) is 0 Å². The first kappa shape index (κ1) is 23.4. The highest BCUT2D eigenvalue weighted by Crippen LogP contribution is 2.26. The van der Waals surface area contributed by atoms with Gasteiger partial charge >= 0.3 is 5.97 Å². The standard InChI is InChI=1S/C22H22N4O4S2/c1-2-30-20(29)16-10-6-7-11-17(16)23-19(28)14-31-22-26-25-21(32-22)24-18(27)13-12-15-8-4-3-5-9-15/h3-11H,2,12-14H2,1H3,(H,23,28)(H,24,25,27). The summed E-state index contributed by atoms with van der Waals surface area (Å²) in [5, 5.41) is 13.8. The summed E-state index contributed by atoms with van der Waals surface area (Å²) < 4.78 is 5.56. The fraction of sp³-hybridized carbons (Fsp3) is 0.227. The molecule has 166 valence electrons. The molecule has 0 saturated heterocycles. The third-order valence-corrected chi connectivity index (χ3v) is 6.13. The van der Waals surface area contributed by atoms with Crippen molar-refractivity contribution in [3.8, 4) is 0 Å². The van der Waals surface area contributed by atoms with Crippen molar-refractivity contribution in [3.05, 3.63) is 65.7 Å². The number of carbonyl (C=O) groups excluding carboxylic acids is 3. The SMILES string of the molecule is CCOC(=O)c1ccccc1NC(=O)CSc1nnc(NC(=O)CCc2ccccc2)s1. The van der Waals surface area contributed by atoms with Crippen LogP contribution in [0.4, 0.5) is 10.8 Å². The van der Waals surface area contributed by atoms with Crippen LogP contribution in [0.2, 0.25) is 0 Å². The summed E-state index contributed by atoms with van der Waals surface area (Å²) in [6, 6.07) is 16.4. The van der Waals surface area contributed by atoms with E-state index in [0.29, 0.717) is 33.6 Å². The van der Waals surface area contributed by atoms with E-state index in [4.69, 9.17) is 4.74 Å². The van der Waals surface area contributed by atoms with Crippen molar-refractivity contribution in [2.75, 3.05) is 23.0 Å². The Balaban J connectivity index is 1.46. The molecule has 3 aromatic rings. The second-order valence-electron chi connectivity index (χ2n) is 6.51. The van der Waals surface area contributed by atoms with E-state index in [2.05, 4.69) is 20.8 Å². The summed E-state index contributed by atoms with van der Waals surface area (Å²) in [5.74, 6) is -0.855. The summed E-state index contributed by atoms with van der Waals surface area (Å²) in [5.41, 5.74) is 1.77. The van der Waals surface area contributed by atoms with Crippen molar-refractivity contribution in [2.45, 2.75) is 24.1 Å². The van der Waals surface area contributed by atoms with Crippen LogP contribution in [0.3, 0.4) is 0 Å². The van der Waals surface area contributed by atoms with Gasteiger partial charge in [-0.05, 0) is 31.0 Å². The summed E-state index contributed by atoms with van der Waals surface area (Å²) in [7, 11) is 0. The molecule has 0 radical (unpaired) electrons. The van der Waals surface area contributed by atoms with E-state index in [-0.39, 0.29) is 24.2 Å². The zero-order chi connectivity index (χ0) is 22.8. The van der Waals surface area contributed by atoms with Crippen molar-refractivity contribution >= 4 is 51.7 Å². The minimum absolute atomic E-state index is 0.0771. The quantitative estimate of drug-likeness (QED) is 0.262. The van der Waals surface area contributed by atoms with Gasteiger partial charge in [0.15, 0.2) is 4.34 Å². The highest BCUT2D eigenvalue weighted by molar-refractivity contribution is 8.01. The molecule has 0 unspecified atom stereocenters. The van der Waals surface area contributed by atoms with Crippen LogP contribution in [-0.2, 0) is 20.7 Å². The first-order chi connectivity index (χ1) is 15.5. The third-order valence-electron chi connectivity index (χ3n) is 4.16. The van der Waals surface area contributed by atoms with Crippen molar-refractivity contribution in [2.24, 2.45) is 0 Å². The predicted molar refractivity (Wildman–Crippen MR) is 125 cm³/mol. The minimum atomic E-state index is -0.493. The van der Waals surface area contributed by atoms with Gasteiger partial charge in [-0.3, -0.25) is 9.59 Å². The molecule has 8 nitrogen and oxygen atoms in total. The van der Waals surface area contributed by atoms with E-state index in [0.717, 1.165) is 5.56 Å². The molecule has 2 N–H and O–H groups in total. The molecule has 3 rings (SSSR count). The molecular formula is C22H22N4O4S2. The van der Waals surface area contributed by atoms with Gasteiger partial charge < -0.3 is 15.4 Å². The first-order valence-corrected chi connectivity index (χ1v) is 11.7. The van der Waals surface area contributed by atoms with Gasteiger partial charge in [-0.25, -0.2) is 4.79 Å². The van der Waals surface area contributed by atoms with Gasteiger partial charge in [0.1, 0.15) is 0 Å². The van der Waals surface area contributed by atoms with E-state index in [1.165, 1.54) is 23.1 Å². The second kappa shape index (κ2) is 12.0. The lowest BCUT2D eigenvalue weighted by atomic mass is 10.1. The van der Waals surface area contributed by atoms with Crippen molar-refractivity contribution in [1.29, 1.82) is 0 Å². The maximum atomic E-state index is 12.3. The number of para-hydroxylation sites is 1. The molecule has 0 aliphatic carbocycles. The van der Waals surface area contributed by atoms with Crippen LogP contribution in [0.1, 0.15) is 29.3 Å². The lowest BCUT2D eigenvalue weighted by molar-refractivity contribution is -0.116. The Morgan fingerprint density at radius 3 is 2.50 bits per heavy atom. The molecule has 2 aromatic carbocycles. The number of anilines is 2. The van der Waals surface area contributed by atoms with Crippen LogP contribution in [0.25, 0.3) is 0 Å². The van der Waals surface area contributed by atoms with Crippen LogP contribution >= 0.6 is 23.1 Å². The number of hydrogen-bond acceptors (Lipinski definition) is 8. The van der Waals surface area contributed by atoms with Gasteiger partial charge in [-0.1, -0.05) is 65.6 Å². The number of thioether (sulfide) groups is 1. The zero-order valence-corrected chi connectivity index (χ0v) is 19.0. The molecule has 0 aliphatic heterocycles. The molecule has 32 heavy (non-hydrogen) atoms. The summed E-state index contributed by atoms with van der Waals surface area (Å²) in [4.78, 5) is 36.5. The van der Waals surface area contributed by atoms with Crippen LogP contribution in [-0.4, -0.2) is 40.3 Å². The normalized spacial score (nSPS) is 10.4. The van der Waals surface area contributed by atoms with E-state index in [1.807, 2.05) is 30.3 Å². The average molecular weight is 471 g/mol. The first-order valence-electron chi connectivity index (χ1n) is 9.91. The molecule has 0 spiro atoms.